The van der Waals surface area contributed by atoms with Crippen LogP contribution in [0.25, 0.3) is 11.3 Å². The van der Waals surface area contributed by atoms with Crippen LogP contribution in [-0.2, 0) is 6.61 Å². The van der Waals surface area contributed by atoms with Crippen molar-refractivity contribution in [2.24, 2.45) is 0 Å². The molecule has 2 aromatic carbocycles. The average Bonchev–Trinajstić information content (AvgIpc) is 2.98. The van der Waals surface area contributed by atoms with Crippen LogP contribution in [0.2, 0.25) is 0 Å². The molecule has 3 rings (SSSR count). The van der Waals surface area contributed by atoms with E-state index in [4.69, 9.17) is 15.0 Å². The molecule has 3 aromatic rings. The minimum atomic E-state index is -4.72. The lowest BCUT2D eigenvalue weighted by atomic mass is 10.1. The molecule has 0 aliphatic carbocycles. The first-order valence-electron chi connectivity index (χ1n) is 7.18. The number of halogens is 4. The Bertz CT molecular complexity index is 851. The fourth-order valence-corrected chi connectivity index (χ4v) is 2.17. The summed E-state index contributed by atoms with van der Waals surface area (Å²) in [5, 5.41) is 3.80. The number of aromatic nitrogens is 1. The first-order chi connectivity index (χ1) is 11.9. The van der Waals surface area contributed by atoms with Crippen molar-refractivity contribution in [1.29, 1.82) is 0 Å². The van der Waals surface area contributed by atoms with Crippen LogP contribution in [0, 0.1) is 0 Å². The van der Waals surface area contributed by atoms with Crippen LogP contribution in [0.15, 0.2) is 59.3 Å². The molecule has 2 N–H and O–H groups in total. The fraction of sp³-hybridized carbons (Fsp3) is 0.118. The fourth-order valence-electron chi connectivity index (χ4n) is 2.17. The number of rotatable bonds is 5. The lowest BCUT2D eigenvalue weighted by molar-refractivity contribution is -0.274. The first kappa shape index (κ1) is 19.5. The van der Waals surface area contributed by atoms with E-state index < -0.39 is 6.36 Å². The molecule has 0 aliphatic rings. The van der Waals surface area contributed by atoms with Gasteiger partial charge in [0, 0.05) is 5.56 Å². The Morgan fingerprint density at radius 1 is 1.04 bits per heavy atom. The number of hydrogen-bond acceptors (Lipinski definition) is 5. The van der Waals surface area contributed by atoms with Crippen molar-refractivity contribution in [1.82, 2.24) is 5.16 Å². The predicted octanol–water partition coefficient (Wildman–Crippen LogP) is 4.82. The van der Waals surface area contributed by atoms with E-state index in [-0.39, 0.29) is 24.8 Å². The van der Waals surface area contributed by atoms with Crippen molar-refractivity contribution in [3.63, 3.8) is 0 Å². The van der Waals surface area contributed by atoms with Crippen molar-refractivity contribution in [3.05, 3.63) is 60.4 Å². The highest BCUT2D eigenvalue weighted by Crippen LogP contribution is 2.27. The van der Waals surface area contributed by atoms with Gasteiger partial charge < -0.3 is 19.7 Å². The van der Waals surface area contributed by atoms with Crippen LogP contribution in [0.5, 0.6) is 11.5 Å². The van der Waals surface area contributed by atoms with E-state index in [1.807, 2.05) is 0 Å². The van der Waals surface area contributed by atoms with Gasteiger partial charge in [0.2, 0.25) is 0 Å². The summed E-state index contributed by atoms with van der Waals surface area (Å²) >= 11 is 0. The van der Waals surface area contributed by atoms with Crippen molar-refractivity contribution in [3.8, 4) is 22.8 Å². The Morgan fingerprint density at radius 3 is 2.38 bits per heavy atom. The van der Waals surface area contributed by atoms with Gasteiger partial charge in [-0.05, 0) is 42.0 Å². The van der Waals surface area contributed by atoms with Gasteiger partial charge in [0.05, 0.1) is 0 Å². The van der Waals surface area contributed by atoms with Crippen molar-refractivity contribution >= 4 is 18.1 Å². The largest absolute Gasteiger partial charge is 0.573 e. The highest BCUT2D eigenvalue weighted by Gasteiger charge is 2.31. The third kappa shape index (κ3) is 5.06. The molecule has 0 spiro atoms. The Kier molecular flexibility index (Phi) is 5.99. The Morgan fingerprint density at radius 2 is 1.77 bits per heavy atom. The molecule has 0 radical (unpaired) electrons. The predicted molar refractivity (Wildman–Crippen MR) is 91.1 cm³/mol. The second-order valence-corrected chi connectivity index (χ2v) is 5.13. The van der Waals surface area contributed by atoms with E-state index in [1.165, 1.54) is 24.5 Å². The zero-order valence-corrected chi connectivity index (χ0v) is 14.0. The van der Waals surface area contributed by atoms with Crippen molar-refractivity contribution in [2.75, 3.05) is 5.73 Å². The van der Waals surface area contributed by atoms with Gasteiger partial charge in [-0.2, -0.15) is 0 Å². The molecular formula is C17H14ClF3N2O3. The number of benzene rings is 2. The molecule has 26 heavy (non-hydrogen) atoms. The highest BCUT2D eigenvalue weighted by atomic mass is 35.5. The first-order valence-corrected chi connectivity index (χ1v) is 7.18. The van der Waals surface area contributed by atoms with E-state index in [2.05, 4.69) is 9.89 Å². The van der Waals surface area contributed by atoms with E-state index in [0.717, 1.165) is 5.56 Å². The molecular weight excluding hydrogens is 373 g/mol. The molecule has 0 atom stereocenters. The standard InChI is InChI=1S/C17H13F3N2O3.ClH/c18-17(19,20)25-14-3-1-2-11(8-14)9-23-13-6-4-12(5-7-13)16-15(21)10-24-22-16;/h1-8,10H,9,21H2;1H. The van der Waals surface area contributed by atoms with Crippen LogP contribution in [0.3, 0.4) is 0 Å². The minimum Gasteiger partial charge on any atom is -0.489 e. The van der Waals surface area contributed by atoms with Crippen molar-refractivity contribution < 1.29 is 27.2 Å². The molecule has 0 bridgehead atoms. The zero-order valence-electron chi connectivity index (χ0n) is 13.2. The summed E-state index contributed by atoms with van der Waals surface area (Å²) < 4.78 is 50.9. The second kappa shape index (κ2) is 8.01. The molecule has 0 saturated heterocycles. The Hall–Kier alpha value is -2.87. The van der Waals surface area contributed by atoms with Crippen LogP contribution in [0.1, 0.15) is 5.56 Å². The monoisotopic (exact) mass is 386 g/mol. The molecule has 138 valence electrons. The summed E-state index contributed by atoms with van der Waals surface area (Å²) in [6, 6.07) is 12.6. The Balaban J connectivity index is 0.00000243. The van der Waals surface area contributed by atoms with Gasteiger partial charge in [0.25, 0.3) is 0 Å². The van der Waals surface area contributed by atoms with E-state index in [0.29, 0.717) is 22.7 Å². The molecule has 0 saturated carbocycles. The van der Waals surface area contributed by atoms with Gasteiger partial charge in [-0.15, -0.1) is 25.6 Å². The minimum absolute atomic E-state index is 0. The lowest BCUT2D eigenvalue weighted by Gasteiger charge is -2.11. The van der Waals surface area contributed by atoms with Crippen LogP contribution >= 0.6 is 12.4 Å². The van der Waals surface area contributed by atoms with E-state index >= 15 is 0 Å². The molecule has 5 nitrogen and oxygen atoms in total. The van der Waals surface area contributed by atoms with E-state index in [9.17, 15) is 13.2 Å². The van der Waals surface area contributed by atoms with Crippen LogP contribution < -0.4 is 15.2 Å². The molecule has 0 amide bonds. The second-order valence-electron chi connectivity index (χ2n) is 5.13. The third-order valence-electron chi connectivity index (χ3n) is 3.26. The molecule has 0 fully saturated rings. The highest BCUT2D eigenvalue weighted by molar-refractivity contribution is 5.85. The van der Waals surface area contributed by atoms with E-state index in [1.54, 1.807) is 30.3 Å². The smallest absolute Gasteiger partial charge is 0.489 e. The zero-order chi connectivity index (χ0) is 17.9. The number of anilines is 1. The third-order valence-corrected chi connectivity index (χ3v) is 3.26. The summed E-state index contributed by atoms with van der Waals surface area (Å²) in [5.41, 5.74) is 7.99. The summed E-state index contributed by atoms with van der Waals surface area (Å²) in [7, 11) is 0. The maximum Gasteiger partial charge on any atom is 0.573 e. The van der Waals surface area contributed by atoms with Gasteiger partial charge in [0.1, 0.15) is 35.8 Å². The molecule has 9 heteroatoms. The number of ether oxygens (including phenoxy) is 2. The number of alkyl halides is 3. The molecule has 1 aromatic heterocycles. The van der Waals surface area contributed by atoms with Gasteiger partial charge in [-0.1, -0.05) is 17.3 Å². The number of nitrogen functional groups attached to an aromatic ring is 1. The van der Waals surface area contributed by atoms with Gasteiger partial charge in [0.15, 0.2) is 0 Å². The summed E-state index contributed by atoms with van der Waals surface area (Å²) in [4.78, 5) is 0. The summed E-state index contributed by atoms with van der Waals surface area (Å²) in [5.74, 6) is 0.262. The van der Waals surface area contributed by atoms with Gasteiger partial charge in [-0.3, -0.25) is 0 Å². The molecule has 0 aliphatic heterocycles. The maximum absolute atomic E-state index is 12.2. The maximum atomic E-state index is 12.2. The normalized spacial score (nSPS) is 10.9. The van der Waals surface area contributed by atoms with Crippen LogP contribution in [-0.4, -0.2) is 11.5 Å². The summed E-state index contributed by atoms with van der Waals surface area (Å²) in [6.45, 7) is 0.0977. The van der Waals surface area contributed by atoms with Gasteiger partial charge >= 0.3 is 6.36 Å². The van der Waals surface area contributed by atoms with Crippen molar-refractivity contribution in [2.45, 2.75) is 13.0 Å². The SMILES string of the molecule is Cl.Nc1conc1-c1ccc(OCc2cccc(OC(F)(F)F)c2)cc1. The average molecular weight is 387 g/mol. The molecule has 0 unspecified atom stereocenters. The number of nitrogens with zero attached hydrogens (tertiary/aromatic N) is 1. The molecule has 1 heterocycles. The Labute approximate surface area is 152 Å². The lowest BCUT2D eigenvalue weighted by Crippen LogP contribution is -2.17. The quantitative estimate of drug-likeness (QED) is 0.680. The topological polar surface area (TPSA) is 70.5 Å². The van der Waals surface area contributed by atoms with Gasteiger partial charge in [-0.25, -0.2) is 0 Å². The number of hydrogen-bond donors (Lipinski definition) is 1. The number of nitrogens with two attached hydrogens (primary N) is 1. The summed E-state index contributed by atoms with van der Waals surface area (Å²) in [6.07, 6.45) is -3.38. The van der Waals surface area contributed by atoms with Crippen LogP contribution in [0.4, 0.5) is 18.9 Å².